The zero-order valence-electron chi connectivity index (χ0n) is 12.1. The summed E-state index contributed by atoms with van der Waals surface area (Å²) in [6.07, 6.45) is 2.64. The molecule has 0 spiro atoms. The fourth-order valence-electron chi connectivity index (χ4n) is 2.48. The lowest BCUT2D eigenvalue weighted by Gasteiger charge is -2.32. The van der Waals surface area contributed by atoms with Crippen molar-refractivity contribution < 1.29 is 4.74 Å². The molecule has 0 radical (unpaired) electrons. The van der Waals surface area contributed by atoms with E-state index in [-0.39, 0.29) is 0 Å². The first kappa shape index (κ1) is 14.3. The Morgan fingerprint density at radius 2 is 2.11 bits per heavy atom. The van der Waals surface area contributed by atoms with Gasteiger partial charge in [0.2, 0.25) is 0 Å². The average molecular weight is 263 g/mol. The molecule has 0 aliphatic carbocycles. The minimum absolute atomic E-state index is 0.436. The molecule has 1 aliphatic heterocycles. The Morgan fingerprint density at radius 1 is 1.32 bits per heavy atom. The molecule has 0 amide bonds. The summed E-state index contributed by atoms with van der Waals surface area (Å²) in [6.45, 7) is 8.91. The van der Waals surface area contributed by atoms with E-state index < -0.39 is 0 Å². The van der Waals surface area contributed by atoms with E-state index in [9.17, 15) is 0 Å². The molecule has 106 valence electrons. The van der Waals surface area contributed by atoms with Crippen LogP contribution in [-0.4, -0.2) is 37.3 Å². The number of ether oxygens (including phenoxy) is 1. The number of piperidine rings is 1. The number of pyridine rings is 1. The molecule has 2 rings (SSSR count). The monoisotopic (exact) mass is 263 g/mol. The van der Waals surface area contributed by atoms with E-state index >= 15 is 0 Å². The van der Waals surface area contributed by atoms with Crippen LogP contribution in [0.1, 0.15) is 32.4 Å². The molecular weight excluding hydrogens is 238 g/mol. The van der Waals surface area contributed by atoms with Crippen molar-refractivity contribution in [2.24, 2.45) is 0 Å². The van der Waals surface area contributed by atoms with Gasteiger partial charge in [0.25, 0.3) is 0 Å². The maximum atomic E-state index is 5.69. The summed E-state index contributed by atoms with van der Waals surface area (Å²) in [5.74, 6) is 1.10. The predicted molar refractivity (Wildman–Crippen MR) is 78.5 cm³/mol. The Kier molecular flexibility index (Phi) is 5.61. The van der Waals surface area contributed by atoms with Gasteiger partial charge in [-0.25, -0.2) is 4.98 Å². The number of hydrogen-bond acceptors (Lipinski definition) is 4. The highest BCUT2D eigenvalue weighted by molar-refractivity contribution is 5.39. The van der Waals surface area contributed by atoms with Gasteiger partial charge in [-0.3, -0.25) is 0 Å². The molecule has 1 aromatic rings. The van der Waals surface area contributed by atoms with Crippen LogP contribution in [0.25, 0.3) is 0 Å². The SMILES string of the molecule is CCNCc1cccc(N2CCC(OCC)CC2)n1. The van der Waals surface area contributed by atoms with Crippen LogP contribution in [0.2, 0.25) is 0 Å². The van der Waals surface area contributed by atoms with E-state index in [1.807, 2.05) is 0 Å². The third kappa shape index (κ3) is 4.18. The molecule has 0 saturated carbocycles. The Morgan fingerprint density at radius 3 is 2.79 bits per heavy atom. The first-order valence-electron chi connectivity index (χ1n) is 7.36. The Hall–Kier alpha value is -1.13. The van der Waals surface area contributed by atoms with Crippen molar-refractivity contribution in [1.82, 2.24) is 10.3 Å². The second-order valence-electron chi connectivity index (χ2n) is 4.91. The van der Waals surface area contributed by atoms with E-state index in [4.69, 9.17) is 9.72 Å². The van der Waals surface area contributed by atoms with Crippen molar-refractivity contribution in [1.29, 1.82) is 0 Å². The second kappa shape index (κ2) is 7.46. The molecular formula is C15H25N3O. The van der Waals surface area contributed by atoms with Crippen LogP contribution in [0.3, 0.4) is 0 Å². The summed E-state index contributed by atoms with van der Waals surface area (Å²) in [7, 11) is 0. The van der Waals surface area contributed by atoms with Crippen molar-refractivity contribution in [3.8, 4) is 0 Å². The van der Waals surface area contributed by atoms with Gasteiger partial charge in [0.05, 0.1) is 11.8 Å². The molecule has 1 aromatic heterocycles. The van der Waals surface area contributed by atoms with Gasteiger partial charge in [-0.1, -0.05) is 13.0 Å². The lowest BCUT2D eigenvalue weighted by atomic mass is 10.1. The fourth-order valence-corrected chi connectivity index (χ4v) is 2.48. The number of anilines is 1. The van der Waals surface area contributed by atoms with E-state index in [1.165, 1.54) is 0 Å². The number of aromatic nitrogens is 1. The first-order valence-corrected chi connectivity index (χ1v) is 7.36. The van der Waals surface area contributed by atoms with Crippen LogP contribution in [-0.2, 0) is 11.3 Å². The van der Waals surface area contributed by atoms with E-state index in [1.54, 1.807) is 0 Å². The molecule has 0 bridgehead atoms. The molecule has 0 atom stereocenters. The molecule has 1 aliphatic rings. The second-order valence-corrected chi connectivity index (χ2v) is 4.91. The summed E-state index contributed by atoms with van der Waals surface area (Å²) in [5, 5.41) is 3.32. The van der Waals surface area contributed by atoms with Crippen LogP contribution < -0.4 is 10.2 Å². The molecule has 1 saturated heterocycles. The summed E-state index contributed by atoms with van der Waals surface area (Å²) in [4.78, 5) is 7.09. The summed E-state index contributed by atoms with van der Waals surface area (Å²) < 4.78 is 5.69. The number of nitrogens with zero attached hydrogens (tertiary/aromatic N) is 2. The molecule has 1 fully saturated rings. The van der Waals surface area contributed by atoms with Gasteiger partial charge in [-0.05, 0) is 38.4 Å². The lowest BCUT2D eigenvalue weighted by molar-refractivity contribution is 0.0458. The predicted octanol–water partition coefficient (Wildman–Crippen LogP) is 2.20. The summed E-state index contributed by atoms with van der Waals surface area (Å²) in [5.41, 5.74) is 1.12. The smallest absolute Gasteiger partial charge is 0.128 e. The zero-order valence-corrected chi connectivity index (χ0v) is 12.1. The molecule has 1 N–H and O–H groups in total. The Labute approximate surface area is 116 Å². The van der Waals surface area contributed by atoms with Crippen molar-refractivity contribution in [3.63, 3.8) is 0 Å². The summed E-state index contributed by atoms with van der Waals surface area (Å²) >= 11 is 0. The van der Waals surface area contributed by atoms with Crippen LogP contribution in [0.5, 0.6) is 0 Å². The highest BCUT2D eigenvalue weighted by atomic mass is 16.5. The Balaban J connectivity index is 1.91. The van der Waals surface area contributed by atoms with Gasteiger partial charge in [0, 0.05) is 26.2 Å². The van der Waals surface area contributed by atoms with Crippen LogP contribution in [0.15, 0.2) is 18.2 Å². The van der Waals surface area contributed by atoms with Crippen molar-refractivity contribution in [3.05, 3.63) is 23.9 Å². The molecule has 0 aromatic carbocycles. The van der Waals surface area contributed by atoms with Gasteiger partial charge in [-0.2, -0.15) is 0 Å². The summed E-state index contributed by atoms with van der Waals surface area (Å²) in [6, 6.07) is 6.29. The highest BCUT2D eigenvalue weighted by Gasteiger charge is 2.20. The van der Waals surface area contributed by atoms with E-state index in [0.717, 1.165) is 57.1 Å². The van der Waals surface area contributed by atoms with Crippen LogP contribution >= 0.6 is 0 Å². The quantitative estimate of drug-likeness (QED) is 0.854. The normalized spacial score (nSPS) is 16.8. The molecule has 4 nitrogen and oxygen atoms in total. The average Bonchev–Trinajstić information content (AvgIpc) is 2.46. The number of nitrogens with one attached hydrogen (secondary N) is 1. The molecule has 19 heavy (non-hydrogen) atoms. The minimum atomic E-state index is 0.436. The van der Waals surface area contributed by atoms with Crippen LogP contribution in [0.4, 0.5) is 5.82 Å². The molecule has 0 unspecified atom stereocenters. The molecule has 4 heteroatoms. The topological polar surface area (TPSA) is 37.4 Å². The van der Waals surface area contributed by atoms with E-state index in [0.29, 0.717) is 6.10 Å². The standard InChI is InChI=1S/C15H25N3O/c1-3-16-12-13-6-5-7-15(17-13)18-10-8-14(9-11-18)19-4-2/h5-7,14,16H,3-4,8-12H2,1-2H3. The van der Waals surface area contributed by atoms with Crippen LogP contribution in [0, 0.1) is 0 Å². The van der Waals surface area contributed by atoms with E-state index in [2.05, 4.69) is 42.3 Å². The maximum Gasteiger partial charge on any atom is 0.128 e. The minimum Gasteiger partial charge on any atom is -0.378 e. The lowest BCUT2D eigenvalue weighted by Crippen LogP contribution is -2.37. The maximum absolute atomic E-state index is 5.69. The fraction of sp³-hybridized carbons (Fsp3) is 0.667. The third-order valence-electron chi connectivity index (χ3n) is 3.52. The Bertz CT molecular complexity index is 375. The number of rotatable bonds is 6. The molecule has 2 heterocycles. The van der Waals surface area contributed by atoms with Gasteiger partial charge < -0.3 is 15.0 Å². The highest BCUT2D eigenvalue weighted by Crippen LogP contribution is 2.19. The largest absolute Gasteiger partial charge is 0.378 e. The van der Waals surface area contributed by atoms with Gasteiger partial charge in [0.15, 0.2) is 0 Å². The first-order chi connectivity index (χ1) is 9.33. The van der Waals surface area contributed by atoms with Crippen molar-refractivity contribution in [2.45, 2.75) is 39.3 Å². The van der Waals surface area contributed by atoms with Crippen molar-refractivity contribution in [2.75, 3.05) is 31.1 Å². The van der Waals surface area contributed by atoms with Gasteiger partial charge in [0.1, 0.15) is 5.82 Å². The zero-order chi connectivity index (χ0) is 13.5. The van der Waals surface area contributed by atoms with Crippen molar-refractivity contribution >= 4 is 5.82 Å². The van der Waals surface area contributed by atoms with Gasteiger partial charge >= 0.3 is 0 Å². The third-order valence-corrected chi connectivity index (χ3v) is 3.52. The number of hydrogen-bond donors (Lipinski definition) is 1. The van der Waals surface area contributed by atoms with Gasteiger partial charge in [-0.15, -0.1) is 0 Å².